The van der Waals surface area contributed by atoms with Crippen molar-refractivity contribution in [3.63, 3.8) is 0 Å². The fourth-order valence-electron chi connectivity index (χ4n) is 2.69. The Morgan fingerprint density at radius 3 is 2.80 bits per heavy atom. The third-order valence-corrected chi connectivity index (χ3v) is 3.47. The highest BCUT2D eigenvalue weighted by atomic mass is 16.2. The fraction of sp³-hybridized carbons (Fsp3) is 0.909. The average Bonchev–Trinajstić information content (AvgIpc) is 2.61. The molecule has 4 heteroatoms. The molecule has 0 bridgehead atoms. The van der Waals surface area contributed by atoms with Crippen molar-refractivity contribution in [1.82, 2.24) is 15.5 Å². The minimum Gasteiger partial charge on any atom is -0.332 e. The van der Waals surface area contributed by atoms with Crippen molar-refractivity contribution in [3.8, 4) is 0 Å². The summed E-state index contributed by atoms with van der Waals surface area (Å²) in [6.07, 6.45) is 6.29. The van der Waals surface area contributed by atoms with Crippen molar-refractivity contribution in [2.24, 2.45) is 0 Å². The van der Waals surface area contributed by atoms with E-state index in [2.05, 4.69) is 10.6 Å². The van der Waals surface area contributed by atoms with Gasteiger partial charge in [-0.1, -0.05) is 19.3 Å². The monoisotopic (exact) mass is 211 g/mol. The van der Waals surface area contributed by atoms with Gasteiger partial charge in [-0.15, -0.1) is 0 Å². The van der Waals surface area contributed by atoms with Crippen LogP contribution in [0.5, 0.6) is 0 Å². The van der Waals surface area contributed by atoms with Gasteiger partial charge in [0.05, 0.1) is 6.04 Å². The maximum Gasteiger partial charge on any atom is 0.318 e. The van der Waals surface area contributed by atoms with Crippen molar-refractivity contribution in [2.45, 2.75) is 44.2 Å². The van der Waals surface area contributed by atoms with Gasteiger partial charge in [-0.2, -0.15) is 0 Å². The van der Waals surface area contributed by atoms with Crippen LogP contribution in [-0.2, 0) is 0 Å². The number of nitrogens with one attached hydrogen (secondary N) is 2. The average molecular weight is 211 g/mol. The van der Waals surface area contributed by atoms with Crippen LogP contribution in [0.4, 0.5) is 4.79 Å². The normalized spacial score (nSPS) is 28.2. The highest BCUT2D eigenvalue weighted by molar-refractivity contribution is 5.77. The summed E-state index contributed by atoms with van der Waals surface area (Å²) in [5.74, 6) is 0. The molecule has 0 spiro atoms. The van der Waals surface area contributed by atoms with Gasteiger partial charge in [0, 0.05) is 19.1 Å². The Kier molecular flexibility index (Phi) is 3.46. The van der Waals surface area contributed by atoms with E-state index in [1.807, 2.05) is 11.9 Å². The summed E-state index contributed by atoms with van der Waals surface area (Å²) in [6.45, 7) is 1.75. The standard InChI is InChI=1S/C11H21N3O/c1-12-7-9-8-14(11(15)13-9)10-5-3-2-4-6-10/h9-10,12H,2-8H2,1H3,(H,13,15). The molecule has 0 aromatic carbocycles. The first-order chi connectivity index (χ1) is 7.31. The lowest BCUT2D eigenvalue weighted by Gasteiger charge is -2.30. The molecule has 1 aliphatic carbocycles. The van der Waals surface area contributed by atoms with Crippen LogP contribution in [-0.4, -0.2) is 43.2 Å². The Balaban J connectivity index is 1.89. The minimum absolute atomic E-state index is 0.141. The number of rotatable bonds is 3. The second-order valence-corrected chi connectivity index (χ2v) is 4.65. The first-order valence-corrected chi connectivity index (χ1v) is 6.03. The zero-order chi connectivity index (χ0) is 10.7. The summed E-state index contributed by atoms with van der Waals surface area (Å²) in [4.78, 5) is 13.8. The molecule has 0 radical (unpaired) electrons. The number of amides is 2. The van der Waals surface area contributed by atoms with Gasteiger partial charge >= 0.3 is 6.03 Å². The SMILES string of the molecule is CNCC1CN(C2CCCCC2)C(=O)N1. The quantitative estimate of drug-likeness (QED) is 0.729. The molecule has 2 fully saturated rings. The van der Waals surface area contributed by atoms with Crippen molar-refractivity contribution in [3.05, 3.63) is 0 Å². The molecule has 2 aliphatic rings. The molecule has 1 saturated heterocycles. The van der Waals surface area contributed by atoms with Crippen LogP contribution in [0.3, 0.4) is 0 Å². The molecule has 4 nitrogen and oxygen atoms in total. The molecule has 1 aliphatic heterocycles. The topological polar surface area (TPSA) is 44.4 Å². The molecule has 2 amide bonds. The van der Waals surface area contributed by atoms with Crippen LogP contribution >= 0.6 is 0 Å². The number of nitrogens with zero attached hydrogens (tertiary/aromatic N) is 1. The van der Waals surface area contributed by atoms with E-state index in [1.54, 1.807) is 0 Å². The molecule has 86 valence electrons. The summed E-state index contributed by atoms with van der Waals surface area (Å²) in [6, 6.07) is 0.937. The Morgan fingerprint density at radius 2 is 2.13 bits per heavy atom. The van der Waals surface area contributed by atoms with E-state index in [9.17, 15) is 4.79 Å². The maximum atomic E-state index is 11.7. The Labute approximate surface area is 91.4 Å². The van der Waals surface area contributed by atoms with Crippen molar-refractivity contribution in [2.75, 3.05) is 20.1 Å². The van der Waals surface area contributed by atoms with Gasteiger partial charge in [0.1, 0.15) is 0 Å². The molecular weight excluding hydrogens is 190 g/mol. The van der Waals surface area contributed by atoms with Crippen LogP contribution in [0.25, 0.3) is 0 Å². The molecule has 1 unspecified atom stereocenters. The van der Waals surface area contributed by atoms with Crippen LogP contribution < -0.4 is 10.6 Å². The number of hydrogen-bond acceptors (Lipinski definition) is 2. The second kappa shape index (κ2) is 4.84. The molecule has 1 heterocycles. The number of carbonyl (C=O) groups is 1. The molecule has 15 heavy (non-hydrogen) atoms. The van der Waals surface area contributed by atoms with Crippen molar-refractivity contribution >= 4 is 6.03 Å². The maximum absolute atomic E-state index is 11.7. The summed E-state index contributed by atoms with van der Waals surface area (Å²) >= 11 is 0. The summed E-state index contributed by atoms with van der Waals surface area (Å²) in [5.41, 5.74) is 0. The second-order valence-electron chi connectivity index (χ2n) is 4.65. The van der Waals surface area contributed by atoms with Gasteiger partial charge in [-0.05, 0) is 19.9 Å². The number of carbonyl (C=O) groups excluding carboxylic acids is 1. The Hall–Kier alpha value is -0.770. The summed E-state index contributed by atoms with van der Waals surface area (Å²) in [5, 5.41) is 6.14. The van der Waals surface area contributed by atoms with Crippen LogP contribution in [0.2, 0.25) is 0 Å². The van der Waals surface area contributed by atoms with Gasteiger partial charge in [0.15, 0.2) is 0 Å². The fourth-order valence-corrected chi connectivity index (χ4v) is 2.69. The molecule has 1 saturated carbocycles. The highest BCUT2D eigenvalue weighted by Crippen LogP contribution is 2.24. The lowest BCUT2D eigenvalue weighted by atomic mass is 9.94. The highest BCUT2D eigenvalue weighted by Gasteiger charge is 2.33. The molecule has 2 N–H and O–H groups in total. The Bertz CT molecular complexity index is 226. The predicted octanol–water partition coefficient (Wildman–Crippen LogP) is 0.932. The van der Waals surface area contributed by atoms with Gasteiger partial charge in [0.2, 0.25) is 0 Å². The molecule has 1 atom stereocenters. The van der Waals surface area contributed by atoms with E-state index in [1.165, 1.54) is 32.1 Å². The summed E-state index contributed by atoms with van der Waals surface area (Å²) < 4.78 is 0. The molecular formula is C11H21N3O. The van der Waals surface area contributed by atoms with Crippen LogP contribution in [0, 0.1) is 0 Å². The van der Waals surface area contributed by atoms with E-state index in [4.69, 9.17) is 0 Å². The largest absolute Gasteiger partial charge is 0.332 e. The van der Waals surface area contributed by atoms with Gasteiger partial charge in [-0.25, -0.2) is 4.79 Å². The zero-order valence-corrected chi connectivity index (χ0v) is 9.46. The number of hydrogen-bond donors (Lipinski definition) is 2. The van der Waals surface area contributed by atoms with Gasteiger partial charge in [-0.3, -0.25) is 0 Å². The lowest BCUT2D eigenvalue weighted by molar-refractivity contribution is 0.178. The van der Waals surface area contributed by atoms with Gasteiger partial charge < -0.3 is 15.5 Å². The number of likely N-dealkylation sites (N-methyl/N-ethyl adjacent to an activating group) is 1. The number of urea groups is 1. The first kappa shape index (κ1) is 10.7. The third kappa shape index (κ3) is 2.43. The van der Waals surface area contributed by atoms with Crippen molar-refractivity contribution in [1.29, 1.82) is 0 Å². The molecule has 2 rings (SSSR count). The molecule has 0 aromatic heterocycles. The van der Waals surface area contributed by atoms with Crippen LogP contribution in [0.1, 0.15) is 32.1 Å². The van der Waals surface area contributed by atoms with E-state index in [-0.39, 0.29) is 6.03 Å². The van der Waals surface area contributed by atoms with E-state index >= 15 is 0 Å². The zero-order valence-electron chi connectivity index (χ0n) is 9.46. The van der Waals surface area contributed by atoms with E-state index in [0.29, 0.717) is 12.1 Å². The first-order valence-electron chi connectivity index (χ1n) is 6.03. The van der Waals surface area contributed by atoms with E-state index < -0.39 is 0 Å². The van der Waals surface area contributed by atoms with Crippen LogP contribution in [0.15, 0.2) is 0 Å². The molecule has 0 aromatic rings. The summed E-state index contributed by atoms with van der Waals surface area (Å²) in [7, 11) is 1.93. The third-order valence-electron chi connectivity index (χ3n) is 3.47. The lowest BCUT2D eigenvalue weighted by Crippen LogP contribution is -2.39. The Morgan fingerprint density at radius 1 is 1.40 bits per heavy atom. The minimum atomic E-state index is 0.141. The van der Waals surface area contributed by atoms with Crippen molar-refractivity contribution < 1.29 is 4.79 Å². The van der Waals surface area contributed by atoms with Gasteiger partial charge in [0.25, 0.3) is 0 Å². The smallest absolute Gasteiger partial charge is 0.318 e. The predicted molar refractivity (Wildman–Crippen MR) is 59.8 cm³/mol. The van der Waals surface area contributed by atoms with E-state index in [0.717, 1.165) is 13.1 Å².